The topological polar surface area (TPSA) is 76.0 Å². The fourth-order valence-electron chi connectivity index (χ4n) is 3.17. The normalized spacial score (nSPS) is 17.6. The van der Waals surface area contributed by atoms with Gasteiger partial charge in [0.25, 0.3) is 5.56 Å². The Morgan fingerprint density at radius 1 is 1.40 bits per heavy atom. The number of aryl methyl sites for hydroxylation is 1. The van der Waals surface area contributed by atoms with Crippen molar-refractivity contribution in [3.63, 3.8) is 0 Å². The van der Waals surface area contributed by atoms with Gasteiger partial charge in [0.05, 0.1) is 11.8 Å². The Hall–Kier alpha value is -2.19. The fourth-order valence-corrected chi connectivity index (χ4v) is 3.64. The Kier molecular flexibility index (Phi) is 4.09. The van der Waals surface area contributed by atoms with Gasteiger partial charge >= 0.3 is 0 Å². The molecule has 0 amide bonds. The van der Waals surface area contributed by atoms with E-state index < -0.39 is 0 Å². The second kappa shape index (κ2) is 6.27. The summed E-state index contributed by atoms with van der Waals surface area (Å²) in [6.45, 7) is 3.53. The highest BCUT2D eigenvalue weighted by atomic mass is 79.9. The van der Waals surface area contributed by atoms with Crippen LogP contribution in [-0.4, -0.2) is 46.1 Å². The lowest BCUT2D eigenvalue weighted by Crippen LogP contribution is -2.26. The summed E-state index contributed by atoms with van der Waals surface area (Å²) in [5.41, 5.74) is 2.24. The highest BCUT2D eigenvalue weighted by molar-refractivity contribution is 9.10. The number of rotatable bonds is 3. The van der Waals surface area contributed by atoms with Gasteiger partial charge in [-0.25, -0.2) is 4.68 Å². The number of H-pyrrole nitrogens is 1. The van der Waals surface area contributed by atoms with Crippen LogP contribution in [0.2, 0.25) is 0 Å². The predicted molar refractivity (Wildman–Crippen MR) is 99.5 cm³/mol. The number of hydrogen-bond acceptors (Lipinski definition) is 5. The van der Waals surface area contributed by atoms with Crippen molar-refractivity contribution in [2.45, 2.75) is 19.4 Å². The zero-order valence-electron chi connectivity index (χ0n) is 14.0. The molecule has 1 unspecified atom stereocenters. The van der Waals surface area contributed by atoms with Gasteiger partial charge in [-0.15, -0.1) is 5.10 Å². The van der Waals surface area contributed by atoms with Crippen molar-refractivity contribution in [3.8, 4) is 5.69 Å². The molecular weight excluding hydrogens is 386 g/mol. The van der Waals surface area contributed by atoms with Crippen molar-refractivity contribution in [2.24, 2.45) is 0 Å². The van der Waals surface area contributed by atoms with E-state index in [9.17, 15) is 4.79 Å². The van der Waals surface area contributed by atoms with E-state index in [1.165, 1.54) is 0 Å². The average molecular weight is 404 g/mol. The lowest BCUT2D eigenvalue weighted by atomic mass is 10.2. The summed E-state index contributed by atoms with van der Waals surface area (Å²) >= 11 is 3.46. The fraction of sp³-hybridized carbons (Fsp3) is 0.353. The van der Waals surface area contributed by atoms with Gasteiger partial charge in [-0.1, -0.05) is 15.9 Å². The molecule has 130 valence electrons. The Labute approximate surface area is 152 Å². The third-order valence-corrected chi connectivity index (χ3v) is 5.05. The molecule has 0 saturated carbocycles. The van der Waals surface area contributed by atoms with E-state index in [4.69, 9.17) is 4.74 Å². The molecule has 1 aliphatic heterocycles. The molecule has 2 aromatic heterocycles. The molecule has 1 atom stereocenters. The lowest BCUT2D eigenvalue weighted by Gasteiger charge is -2.15. The summed E-state index contributed by atoms with van der Waals surface area (Å²) in [4.78, 5) is 21.9. The Morgan fingerprint density at radius 3 is 2.96 bits per heavy atom. The number of hydrogen-bond donors (Lipinski definition) is 1. The quantitative estimate of drug-likeness (QED) is 0.726. The number of nitrogens with zero attached hydrogens (tertiary/aromatic N) is 4. The minimum absolute atomic E-state index is 0.170. The van der Waals surface area contributed by atoms with Gasteiger partial charge in [0.1, 0.15) is 5.39 Å². The molecule has 8 heteroatoms. The third-order valence-electron chi connectivity index (χ3n) is 4.56. The number of benzene rings is 1. The van der Waals surface area contributed by atoms with Crippen molar-refractivity contribution >= 4 is 32.9 Å². The van der Waals surface area contributed by atoms with E-state index in [1.54, 1.807) is 18.0 Å². The molecule has 0 aliphatic carbocycles. The van der Waals surface area contributed by atoms with Gasteiger partial charge in [0.15, 0.2) is 5.65 Å². The second-order valence-electron chi connectivity index (χ2n) is 6.22. The van der Waals surface area contributed by atoms with E-state index in [2.05, 4.69) is 31.0 Å². The molecule has 3 aromatic rings. The molecule has 1 aromatic carbocycles. The van der Waals surface area contributed by atoms with Crippen LogP contribution < -0.4 is 10.5 Å². The van der Waals surface area contributed by atoms with Gasteiger partial charge in [-0.05, 0) is 37.1 Å². The largest absolute Gasteiger partial charge is 0.380 e. The van der Waals surface area contributed by atoms with E-state index in [0.29, 0.717) is 17.0 Å². The van der Waals surface area contributed by atoms with E-state index in [1.807, 2.05) is 30.0 Å². The smallest absolute Gasteiger partial charge is 0.263 e. The molecule has 3 heterocycles. The summed E-state index contributed by atoms with van der Waals surface area (Å²) in [7, 11) is 1.70. The summed E-state index contributed by atoms with van der Waals surface area (Å²) in [6, 6.07) is 5.93. The maximum atomic E-state index is 12.5. The van der Waals surface area contributed by atoms with Crippen molar-refractivity contribution in [3.05, 3.63) is 44.8 Å². The van der Waals surface area contributed by atoms with Gasteiger partial charge < -0.3 is 9.64 Å². The maximum absolute atomic E-state index is 12.5. The van der Waals surface area contributed by atoms with Gasteiger partial charge in [-0.3, -0.25) is 9.78 Å². The van der Waals surface area contributed by atoms with Crippen LogP contribution in [0.15, 0.2) is 33.7 Å². The summed E-state index contributed by atoms with van der Waals surface area (Å²) in [6.07, 6.45) is 2.82. The summed E-state index contributed by atoms with van der Waals surface area (Å²) in [5, 5.41) is 5.00. The molecular formula is C17H18BrN5O2. The van der Waals surface area contributed by atoms with E-state index in [0.717, 1.165) is 35.2 Å². The first-order valence-electron chi connectivity index (χ1n) is 8.09. The first-order chi connectivity index (χ1) is 12.0. The summed E-state index contributed by atoms with van der Waals surface area (Å²) in [5.74, 6) is 0.551. The number of aromatic nitrogens is 4. The van der Waals surface area contributed by atoms with Crippen LogP contribution in [0, 0.1) is 6.92 Å². The van der Waals surface area contributed by atoms with Crippen LogP contribution in [0.25, 0.3) is 16.7 Å². The lowest BCUT2D eigenvalue weighted by molar-refractivity contribution is 0.121. The van der Waals surface area contributed by atoms with E-state index >= 15 is 0 Å². The highest BCUT2D eigenvalue weighted by Gasteiger charge is 2.24. The minimum atomic E-state index is -0.179. The number of aromatic amines is 1. The molecule has 0 spiro atoms. The first kappa shape index (κ1) is 16.3. The van der Waals surface area contributed by atoms with Gasteiger partial charge in [0, 0.05) is 30.9 Å². The van der Waals surface area contributed by atoms with E-state index in [-0.39, 0.29) is 11.7 Å². The molecule has 4 rings (SSSR count). The van der Waals surface area contributed by atoms with Crippen molar-refractivity contribution < 1.29 is 4.74 Å². The van der Waals surface area contributed by atoms with Crippen LogP contribution in [0.5, 0.6) is 0 Å². The Morgan fingerprint density at radius 2 is 2.24 bits per heavy atom. The van der Waals surface area contributed by atoms with Crippen molar-refractivity contribution in [1.82, 2.24) is 19.7 Å². The number of anilines is 1. The zero-order chi connectivity index (χ0) is 17.6. The van der Waals surface area contributed by atoms with Gasteiger partial charge in [-0.2, -0.15) is 4.98 Å². The Bertz CT molecular complexity index is 996. The van der Waals surface area contributed by atoms with Crippen LogP contribution in [0.3, 0.4) is 0 Å². The zero-order valence-corrected chi connectivity index (χ0v) is 15.6. The SMILES string of the molecule is COC1CCN(c2nc3nn(-c4ccc(Br)cc4C)cc3c(=O)[nH]2)C1. The van der Waals surface area contributed by atoms with Crippen LogP contribution in [0.1, 0.15) is 12.0 Å². The monoisotopic (exact) mass is 403 g/mol. The second-order valence-corrected chi connectivity index (χ2v) is 7.14. The highest BCUT2D eigenvalue weighted by Crippen LogP contribution is 2.22. The number of ether oxygens (including phenoxy) is 1. The number of halogens is 1. The maximum Gasteiger partial charge on any atom is 0.263 e. The van der Waals surface area contributed by atoms with Crippen molar-refractivity contribution in [2.75, 3.05) is 25.1 Å². The number of methoxy groups -OCH3 is 1. The molecule has 0 bridgehead atoms. The predicted octanol–water partition coefficient (Wildman–Crippen LogP) is 2.40. The molecule has 1 fully saturated rings. The summed E-state index contributed by atoms with van der Waals surface area (Å²) < 4.78 is 8.09. The van der Waals surface area contributed by atoms with Crippen molar-refractivity contribution in [1.29, 1.82) is 0 Å². The van der Waals surface area contributed by atoms with Crippen LogP contribution in [-0.2, 0) is 4.74 Å². The molecule has 0 radical (unpaired) electrons. The van der Waals surface area contributed by atoms with Crippen LogP contribution >= 0.6 is 15.9 Å². The first-order valence-corrected chi connectivity index (χ1v) is 8.88. The van der Waals surface area contributed by atoms with Gasteiger partial charge in [0.2, 0.25) is 5.95 Å². The molecule has 25 heavy (non-hydrogen) atoms. The molecule has 1 N–H and O–H groups in total. The molecule has 1 saturated heterocycles. The number of fused-ring (bicyclic) bond motifs is 1. The molecule has 1 aliphatic rings. The third kappa shape index (κ3) is 2.96. The Balaban J connectivity index is 1.76. The number of nitrogens with one attached hydrogen (secondary N) is 1. The minimum Gasteiger partial charge on any atom is -0.380 e. The average Bonchev–Trinajstić information content (AvgIpc) is 3.21. The molecule has 7 nitrogen and oxygen atoms in total. The standard InChI is InChI=1S/C17H18BrN5O2/c1-10-7-11(18)3-4-14(10)23-9-13-15(21-23)19-17(20-16(13)24)22-6-5-12(8-22)25-2/h3-4,7,9,12H,5-6,8H2,1-2H3,(H,19,20,21,24). The van der Waals surface area contributed by atoms with Crippen LogP contribution in [0.4, 0.5) is 5.95 Å².